The third-order valence-corrected chi connectivity index (χ3v) is 3.19. The van der Waals surface area contributed by atoms with E-state index in [1.807, 2.05) is 0 Å². The summed E-state index contributed by atoms with van der Waals surface area (Å²) in [5.41, 5.74) is 1.43. The number of rotatable bonds is 6. The Labute approximate surface area is 89.1 Å². The molecule has 1 N–H and O–H groups in total. The Bertz CT molecular complexity index is 211. The van der Waals surface area contributed by atoms with Gasteiger partial charge in [-0.25, -0.2) is 0 Å². The minimum Gasteiger partial charge on any atom is -0.316 e. The lowest BCUT2D eigenvalue weighted by atomic mass is 10.2. The maximum atomic E-state index is 5.69. The zero-order chi connectivity index (χ0) is 9.52. The molecule has 1 rings (SSSR count). The van der Waals surface area contributed by atoms with E-state index < -0.39 is 0 Å². The number of halogens is 1. The van der Waals surface area contributed by atoms with Gasteiger partial charge in [-0.05, 0) is 47.8 Å². The van der Waals surface area contributed by atoms with Crippen LogP contribution in [-0.4, -0.2) is 19.0 Å². The second-order valence-electron chi connectivity index (χ2n) is 3.35. The van der Waals surface area contributed by atoms with Gasteiger partial charge in [-0.1, -0.05) is 6.92 Å². The van der Waals surface area contributed by atoms with Crippen molar-refractivity contribution < 1.29 is 0 Å². The summed E-state index contributed by atoms with van der Waals surface area (Å²) in [7, 11) is 0. The van der Waals surface area contributed by atoms with Crippen LogP contribution < -0.4 is 5.32 Å². The largest absolute Gasteiger partial charge is 0.316 e. The number of thiophene rings is 1. The van der Waals surface area contributed by atoms with Crippen molar-refractivity contribution in [1.82, 2.24) is 5.32 Å². The number of hydrogen-bond donors (Lipinski definition) is 1. The first kappa shape index (κ1) is 11.0. The Morgan fingerprint density at radius 2 is 2.46 bits per heavy atom. The van der Waals surface area contributed by atoms with Crippen molar-refractivity contribution >= 4 is 22.9 Å². The van der Waals surface area contributed by atoms with Crippen LogP contribution in [0.25, 0.3) is 0 Å². The highest BCUT2D eigenvalue weighted by Crippen LogP contribution is 2.05. The first-order valence-electron chi connectivity index (χ1n) is 4.60. The van der Waals surface area contributed by atoms with E-state index in [-0.39, 0.29) is 0 Å². The molecule has 1 aromatic rings. The predicted octanol–water partition coefficient (Wildman–Crippen LogP) is 2.76. The highest BCUT2D eigenvalue weighted by Gasteiger charge is 1.98. The SMILES string of the molecule is CC(CCl)CNCCc1ccsc1. The van der Waals surface area contributed by atoms with Crippen LogP contribution in [0.5, 0.6) is 0 Å². The van der Waals surface area contributed by atoms with E-state index in [0.717, 1.165) is 25.4 Å². The fraction of sp³-hybridized carbons (Fsp3) is 0.600. The van der Waals surface area contributed by atoms with Gasteiger partial charge in [-0.3, -0.25) is 0 Å². The maximum absolute atomic E-state index is 5.69. The molecule has 1 unspecified atom stereocenters. The first-order valence-corrected chi connectivity index (χ1v) is 6.08. The normalized spacial score (nSPS) is 13.1. The molecule has 13 heavy (non-hydrogen) atoms. The van der Waals surface area contributed by atoms with Crippen LogP contribution in [0.15, 0.2) is 16.8 Å². The molecule has 0 spiro atoms. The molecule has 74 valence electrons. The van der Waals surface area contributed by atoms with Crippen LogP contribution in [0, 0.1) is 5.92 Å². The third kappa shape index (κ3) is 4.65. The molecule has 0 saturated carbocycles. The molecule has 0 bridgehead atoms. The smallest absolute Gasteiger partial charge is 0.0261 e. The molecule has 1 heterocycles. The van der Waals surface area contributed by atoms with E-state index in [1.54, 1.807) is 11.3 Å². The summed E-state index contributed by atoms with van der Waals surface area (Å²) in [4.78, 5) is 0. The van der Waals surface area contributed by atoms with Gasteiger partial charge in [0.2, 0.25) is 0 Å². The molecular weight excluding hydrogens is 202 g/mol. The minimum absolute atomic E-state index is 0.573. The van der Waals surface area contributed by atoms with Gasteiger partial charge in [0.05, 0.1) is 0 Å². The van der Waals surface area contributed by atoms with Crippen molar-refractivity contribution in [3.05, 3.63) is 22.4 Å². The van der Waals surface area contributed by atoms with E-state index in [2.05, 4.69) is 29.1 Å². The van der Waals surface area contributed by atoms with E-state index in [9.17, 15) is 0 Å². The highest BCUT2D eigenvalue weighted by atomic mass is 35.5. The average Bonchev–Trinajstić information content (AvgIpc) is 2.64. The highest BCUT2D eigenvalue weighted by molar-refractivity contribution is 7.07. The summed E-state index contributed by atoms with van der Waals surface area (Å²) in [6.07, 6.45) is 1.12. The van der Waals surface area contributed by atoms with E-state index >= 15 is 0 Å². The molecule has 3 heteroatoms. The van der Waals surface area contributed by atoms with E-state index in [1.165, 1.54) is 5.56 Å². The van der Waals surface area contributed by atoms with Gasteiger partial charge in [0.1, 0.15) is 0 Å². The topological polar surface area (TPSA) is 12.0 Å². The van der Waals surface area contributed by atoms with Crippen molar-refractivity contribution in [2.75, 3.05) is 19.0 Å². The van der Waals surface area contributed by atoms with Crippen LogP contribution in [0.4, 0.5) is 0 Å². The Morgan fingerprint density at radius 3 is 3.08 bits per heavy atom. The van der Waals surface area contributed by atoms with E-state index in [0.29, 0.717) is 5.92 Å². The molecule has 0 fully saturated rings. The van der Waals surface area contributed by atoms with Crippen molar-refractivity contribution in [3.8, 4) is 0 Å². The van der Waals surface area contributed by atoms with Crippen LogP contribution in [0.2, 0.25) is 0 Å². The van der Waals surface area contributed by atoms with Crippen molar-refractivity contribution in [1.29, 1.82) is 0 Å². The Hall–Kier alpha value is -0.0500. The summed E-state index contributed by atoms with van der Waals surface area (Å²) in [5, 5.41) is 7.72. The lowest BCUT2D eigenvalue weighted by molar-refractivity contribution is 0.559. The molecule has 0 aliphatic rings. The Balaban J connectivity index is 2.02. The molecule has 1 aromatic heterocycles. The van der Waals surface area contributed by atoms with Crippen molar-refractivity contribution in [2.45, 2.75) is 13.3 Å². The predicted molar refractivity (Wildman–Crippen MR) is 60.8 cm³/mol. The minimum atomic E-state index is 0.573. The molecule has 0 aromatic carbocycles. The zero-order valence-corrected chi connectivity index (χ0v) is 9.50. The molecule has 1 atom stereocenters. The second kappa shape index (κ2) is 6.41. The Kier molecular flexibility index (Phi) is 5.44. The maximum Gasteiger partial charge on any atom is 0.0261 e. The fourth-order valence-corrected chi connectivity index (χ4v) is 1.88. The average molecular weight is 218 g/mol. The third-order valence-electron chi connectivity index (χ3n) is 1.93. The van der Waals surface area contributed by atoms with Crippen LogP contribution in [0.1, 0.15) is 12.5 Å². The van der Waals surface area contributed by atoms with Gasteiger partial charge in [-0.15, -0.1) is 11.6 Å². The number of hydrogen-bond acceptors (Lipinski definition) is 2. The standard InChI is InChI=1S/C10H16ClNS/c1-9(6-11)7-12-4-2-10-3-5-13-8-10/h3,5,8-9,12H,2,4,6-7H2,1H3. The summed E-state index contributed by atoms with van der Waals surface area (Å²) in [6.45, 7) is 4.23. The number of alkyl halides is 1. The quantitative estimate of drug-likeness (QED) is 0.571. The molecular formula is C10H16ClNS. The lowest BCUT2D eigenvalue weighted by Crippen LogP contribution is -2.24. The molecule has 0 aliphatic heterocycles. The zero-order valence-electron chi connectivity index (χ0n) is 7.92. The van der Waals surface area contributed by atoms with Gasteiger partial charge in [-0.2, -0.15) is 11.3 Å². The second-order valence-corrected chi connectivity index (χ2v) is 4.43. The van der Waals surface area contributed by atoms with Gasteiger partial charge in [0.15, 0.2) is 0 Å². The summed E-state index contributed by atoms with van der Waals surface area (Å²) < 4.78 is 0. The van der Waals surface area contributed by atoms with Gasteiger partial charge in [0, 0.05) is 5.88 Å². The molecule has 0 radical (unpaired) electrons. The lowest BCUT2D eigenvalue weighted by Gasteiger charge is -2.08. The van der Waals surface area contributed by atoms with Gasteiger partial charge < -0.3 is 5.32 Å². The molecule has 0 amide bonds. The van der Waals surface area contributed by atoms with Gasteiger partial charge >= 0.3 is 0 Å². The van der Waals surface area contributed by atoms with Crippen LogP contribution in [0.3, 0.4) is 0 Å². The first-order chi connectivity index (χ1) is 6.33. The summed E-state index contributed by atoms with van der Waals surface area (Å²) in [5.74, 6) is 1.31. The molecule has 1 nitrogen and oxygen atoms in total. The van der Waals surface area contributed by atoms with Crippen molar-refractivity contribution in [3.63, 3.8) is 0 Å². The Morgan fingerprint density at radius 1 is 1.62 bits per heavy atom. The van der Waals surface area contributed by atoms with Gasteiger partial charge in [0.25, 0.3) is 0 Å². The molecule has 0 aliphatic carbocycles. The van der Waals surface area contributed by atoms with Crippen molar-refractivity contribution in [2.24, 2.45) is 5.92 Å². The monoisotopic (exact) mass is 217 g/mol. The molecule has 0 saturated heterocycles. The van der Waals surface area contributed by atoms with E-state index in [4.69, 9.17) is 11.6 Å². The van der Waals surface area contributed by atoms with Crippen LogP contribution in [-0.2, 0) is 6.42 Å². The summed E-state index contributed by atoms with van der Waals surface area (Å²) >= 11 is 7.45. The number of nitrogens with one attached hydrogen (secondary N) is 1. The van der Waals surface area contributed by atoms with Crippen LogP contribution >= 0.6 is 22.9 Å². The summed E-state index contributed by atoms with van der Waals surface area (Å²) in [6, 6.07) is 2.18. The fourth-order valence-electron chi connectivity index (χ4n) is 1.07.